The molecule has 1 aliphatic rings. The lowest BCUT2D eigenvalue weighted by Gasteiger charge is -2.26. The summed E-state index contributed by atoms with van der Waals surface area (Å²) < 4.78 is 0. The molecule has 1 fully saturated rings. The Labute approximate surface area is 104 Å². The molecule has 0 aromatic carbocycles. The minimum Gasteiger partial charge on any atom is -0.370 e. The van der Waals surface area contributed by atoms with Crippen LogP contribution in [-0.2, 0) is 0 Å². The molecule has 1 heterocycles. The standard InChI is InChI=1S/C14H23N3/c1-3-13(15)14-9-8-12(10-16-14)17(2)11-6-4-5-7-11/h8-11,13H,3-7,15H2,1-2H3/t13-/m0/s1. The van der Waals surface area contributed by atoms with Gasteiger partial charge < -0.3 is 10.6 Å². The summed E-state index contributed by atoms with van der Waals surface area (Å²) in [5, 5.41) is 0. The van der Waals surface area contributed by atoms with Gasteiger partial charge in [-0.05, 0) is 31.4 Å². The predicted molar refractivity (Wildman–Crippen MR) is 72.1 cm³/mol. The number of hydrogen-bond acceptors (Lipinski definition) is 3. The summed E-state index contributed by atoms with van der Waals surface area (Å²) in [7, 11) is 2.17. The molecule has 1 aliphatic carbocycles. The van der Waals surface area contributed by atoms with Crippen molar-refractivity contribution in [2.45, 2.75) is 51.1 Å². The van der Waals surface area contributed by atoms with E-state index in [2.05, 4.69) is 36.0 Å². The van der Waals surface area contributed by atoms with Crippen LogP contribution in [0, 0.1) is 0 Å². The Kier molecular flexibility index (Phi) is 4.00. The van der Waals surface area contributed by atoms with Crippen molar-refractivity contribution in [3.05, 3.63) is 24.0 Å². The summed E-state index contributed by atoms with van der Waals surface area (Å²) in [5.41, 5.74) is 8.17. The Balaban J connectivity index is 2.06. The molecule has 1 aromatic rings. The van der Waals surface area contributed by atoms with E-state index in [9.17, 15) is 0 Å². The van der Waals surface area contributed by atoms with Crippen molar-refractivity contribution < 1.29 is 0 Å². The molecular formula is C14H23N3. The maximum Gasteiger partial charge on any atom is 0.0572 e. The minimum absolute atomic E-state index is 0.0702. The second-order valence-corrected chi connectivity index (χ2v) is 5.01. The SMILES string of the molecule is CC[C@H](N)c1ccc(N(C)C2CCCC2)cn1. The molecule has 2 rings (SSSR count). The second-order valence-electron chi connectivity index (χ2n) is 5.01. The van der Waals surface area contributed by atoms with Crippen LogP contribution < -0.4 is 10.6 Å². The quantitative estimate of drug-likeness (QED) is 0.869. The van der Waals surface area contributed by atoms with Crippen molar-refractivity contribution in [2.24, 2.45) is 5.73 Å². The van der Waals surface area contributed by atoms with Gasteiger partial charge in [0, 0.05) is 19.1 Å². The van der Waals surface area contributed by atoms with Crippen LogP contribution in [0.3, 0.4) is 0 Å². The largest absolute Gasteiger partial charge is 0.370 e. The first-order valence-corrected chi connectivity index (χ1v) is 6.66. The summed E-state index contributed by atoms with van der Waals surface area (Å²) in [4.78, 5) is 6.84. The van der Waals surface area contributed by atoms with E-state index in [0.29, 0.717) is 6.04 Å². The summed E-state index contributed by atoms with van der Waals surface area (Å²) in [6, 6.07) is 4.98. The zero-order chi connectivity index (χ0) is 12.3. The highest BCUT2D eigenvalue weighted by atomic mass is 15.1. The lowest BCUT2D eigenvalue weighted by molar-refractivity contribution is 0.648. The van der Waals surface area contributed by atoms with Crippen molar-refractivity contribution in [1.82, 2.24) is 4.98 Å². The Bertz CT molecular complexity index is 341. The lowest BCUT2D eigenvalue weighted by Crippen LogP contribution is -2.28. The van der Waals surface area contributed by atoms with Crippen molar-refractivity contribution >= 4 is 5.69 Å². The monoisotopic (exact) mass is 233 g/mol. The van der Waals surface area contributed by atoms with Crippen LogP contribution in [0.15, 0.2) is 18.3 Å². The summed E-state index contributed by atoms with van der Waals surface area (Å²) in [6.45, 7) is 2.09. The van der Waals surface area contributed by atoms with Crippen LogP contribution in [-0.4, -0.2) is 18.1 Å². The van der Waals surface area contributed by atoms with Gasteiger partial charge in [0.15, 0.2) is 0 Å². The normalized spacial score (nSPS) is 18.3. The Morgan fingerprint density at radius 3 is 2.65 bits per heavy atom. The van der Waals surface area contributed by atoms with Gasteiger partial charge in [0.2, 0.25) is 0 Å². The van der Waals surface area contributed by atoms with Gasteiger partial charge in [0.1, 0.15) is 0 Å². The van der Waals surface area contributed by atoms with Crippen molar-refractivity contribution in [3.8, 4) is 0 Å². The Morgan fingerprint density at radius 1 is 1.41 bits per heavy atom. The van der Waals surface area contributed by atoms with Crippen LogP contribution in [0.2, 0.25) is 0 Å². The molecule has 2 N–H and O–H groups in total. The number of nitrogens with two attached hydrogens (primary N) is 1. The van der Waals surface area contributed by atoms with E-state index >= 15 is 0 Å². The summed E-state index contributed by atoms with van der Waals surface area (Å²) in [6.07, 6.45) is 8.25. The Hall–Kier alpha value is -1.09. The number of anilines is 1. The number of aromatic nitrogens is 1. The van der Waals surface area contributed by atoms with E-state index in [1.165, 1.54) is 31.4 Å². The molecule has 0 saturated heterocycles. The molecule has 0 spiro atoms. The molecule has 0 radical (unpaired) electrons. The van der Waals surface area contributed by atoms with E-state index in [0.717, 1.165) is 12.1 Å². The third-order valence-corrected chi connectivity index (χ3v) is 3.87. The number of pyridine rings is 1. The molecule has 0 amide bonds. The van der Waals surface area contributed by atoms with E-state index in [1.807, 2.05) is 6.20 Å². The van der Waals surface area contributed by atoms with Crippen LogP contribution in [0.5, 0.6) is 0 Å². The van der Waals surface area contributed by atoms with Gasteiger partial charge in [-0.3, -0.25) is 4.98 Å². The van der Waals surface area contributed by atoms with Crippen LogP contribution in [0.4, 0.5) is 5.69 Å². The van der Waals surface area contributed by atoms with Crippen LogP contribution in [0.1, 0.15) is 50.8 Å². The maximum absolute atomic E-state index is 5.97. The maximum atomic E-state index is 5.97. The third-order valence-electron chi connectivity index (χ3n) is 3.87. The fourth-order valence-corrected chi connectivity index (χ4v) is 2.54. The molecule has 0 unspecified atom stereocenters. The zero-order valence-electron chi connectivity index (χ0n) is 10.9. The molecule has 0 bridgehead atoms. The van der Waals surface area contributed by atoms with Crippen molar-refractivity contribution in [3.63, 3.8) is 0 Å². The molecule has 3 heteroatoms. The topological polar surface area (TPSA) is 42.1 Å². The second kappa shape index (κ2) is 5.50. The molecular weight excluding hydrogens is 210 g/mol. The average Bonchev–Trinajstić information content (AvgIpc) is 2.91. The summed E-state index contributed by atoms with van der Waals surface area (Å²) in [5.74, 6) is 0. The van der Waals surface area contributed by atoms with Gasteiger partial charge in [-0.15, -0.1) is 0 Å². The summed E-state index contributed by atoms with van der Waals surface area (Å²) >= 11 is 0. The number of nitrogens with zero attached hydrogens (tertiary/aromatic N) is 2. The van der Waals surface area contributed by atoms with Crippen LogP contribution >= 0.6 is 0 Å². The minimum atomic E-state index is 0.0702. The molecule has 1 aromatic heterocycles. The van der Waals surface area contributed by atoms with E-state index < -0.39 is 0 Å². The van der Waals surface area contributed by atoms with E-state index in [-0.39, 0.29) is 6.04 Å². The van der Waals surface area contributed by atoms with Gasteiger partial charge in [0.05, 0.1) is 17.6 Å². The van der Waals surface area contributed by atoms with E-state index in [4.69, 9.17) is 5.73 Å². The van der Waals surface area contributed by atoms with Gasteiger partial charge in [-0.25, -0.2) is 0 Å². The number of rotatable bonds is 4. The lowest BCUT2D eigenvalue weighted by atomic mass is 10.1. The zero-order valence-corrected chi connectivity index (χ0v) is 10.9. The third kappa shape index (κ3) is 2.78. The molecule has 1 saturated carbocycles. The molecule has 3 nitrogen and oxygen atoms in total. The number of hydrogen-bond donors (Lipinski definition) is 1. The van der Waals surface area contributed by atoms with Crippen LogP contribution in [0.25, 0.3) is 0 Å². The first-order valence-electron chi connectivity index (χ1n) is 6.66. The predicted octanol–water partition coefficient (Wildman–Crippen LogP) is 2.87. The molecule has 1 atom stereocenters. The van der Waals surface area contributed by atoms with Gasteiger partial charge >= 0.3 is 0 Å². The molecule has 0 aliphatic heterocycles. The van der Waals surface area contributed by atoms with Gasteiger partial charge in [-0.1, -0.05) is 19.8 Å². The highest BCUT2D eigenvalue weighted by Gasteiger charge is 2.20. The fraction of sp³-hybridized carbons (Fsp3) is 0.643. The highest BCUT2D eigenvalue weighted by molar-refractivity contribution is 5.45. The smallest absolute Gasteiger partial charge is 0.0572 e. The van der Waals surface area contributed by atoms with Crippen molar-refractivity contribution in [2.75, 3.05) is 11.9 Å². The Morgan fingerprint density at radius 2 is 2.12 bits per heavy atom. The van der Waals surface area contributed by atoms with Gasteiger partial charge in [-0.2, -0.15) is 0 Å². The highest BCUT2D eigenvalue weighted by Crippen LogP contribution is 2.26. The average molecular weight is 233 g/mol. The first-order chi connectivity index (χ1) is 8.22. The van der Waals surface area contributed by atoms with Gasteiger partial charge in [0.25, 0.3) is 0 Å². The van der Waals surface area contributed by atoms with E-state index in [1.54, 1.807) is 0 Å². The fourth-order valence-electron chi connectivity index (χ4n) is 2.54. The molecule has 17 heavy (non-hydrogen) atoms. The first kappa shape index (κ1) is 12.4. The molecule has 94 valence electrons. The van der Waals surface area contributed by atoms with Crippen molar-refractivity contribution in [1.29, 1.82) is 0 Å².